The maximum atomic E-state index is 13.6. The zero-order valence-electron chi connectivity index (χ0n) is 16.2. The second kappa shape index (κ2) is 6.76. The van der Waals surface area contributed by atoms with Crippen molar-refractivity contribution in [2.45, 2.75) is 19.8 Å². The molecule has 4 aromatic rings. The molecule has 30 heavy (non-hydrogen) atoms. The average Bonchev–Trinajstić information content (AvgIpc) is 3.20. The molecule has 1 aromatic heterocycles. The van der Waals surface area contributed by atoms with E-state index in [4.69, 9.17) is 11.6 Å². The van der Waals surface area contributed by atoms with Crippen molar-refractivity contribution >= 4 is 61.3 Å². The van der Waals surface area contributed by atoms with Crippen LogP contribution in [-0.4, -0.2) is 11.8 Å². The van der Waals surface area contributed by atoms with Gasteiger partial charge in [-0.25, -0.2) is 4.90 Å². The molecule has 1 aliphatic heterocycles. The maximum absolute atomic E-state index is 13.6. The summed E-state index contributed by atoms with van der Waals surface area (Å²) in [5, 5.41) is 4.84. The van der Waals surface area contributed by atoms with Gasteiger partial charge >= 0.3 is 0 Å². The SMILES string of the molecule is CC(C)c1cc(Cl)c2ccc3csc(N4C(=O)c5ccccc5C4=O)c3c(=O)c2c1. The molecule has 0 radical (unpaired) electrons. The maximum Gasteiger partial charge on any atom is 0.266 e. The number of fused-ring (bicyclic) bond motifs is 3. The standard InChI is InChI=1S/C24H16ClNO3S/c1-12(2)14-9-18-15(19(25)10-14)8-7-13-11-30-24(20(13)21(18)27)26-22(28)16-5-3-4-6-17(16)23(26)29/h3-12H,1-2H3. The summed E-state index contributed by atoms with van der Waals surface area (Å²) >= 11 is 7.72. The Labute approximate surface area is 181 Å². The van der Waals surface area contributed by atoms with Gasteiger partial charge in [0.15, 0.2) is 5.43 Å². The smallest absolute Gasteiger partial charge is 0.266 e. The van der Waals surface area contributed by atoms with Crippen molar-refractivity contribution in [2.75, 3.05) is 4.90 Å². The van der Waals surface area contributed by atoms with E-state index in [-0.39, 0.29) is 11.3 Å². The minimum Gasteiger partial charge on any atom is -0.288 e. The van der Waals surface area contributed by atoms with Crippen molar-refractivity contribution in [1.82, 2.24) is 0 Å². The Hall–Kier alpha value is -3.02. The van der Waals surface area contributed by atoms with Crippen molar-refractivity contribution in [3.63, 3.8) is 0 Å². The fourth-order valence-electron chi connectivity index (χ4n) is 3.89. The molecule has 4 nitrogen and oxygen atoms in total. The Morgan fingerprint density at radius 2 is 1.57 bits per heavy atom. The van der Waals surface area contributed by atoms with Crippen LogP contribution >= 0.6 is 22.9 Å². The number of nitrogens with zero attached hydrogens (tertiary/aromatic N) is 1. The van der Waals surface area contributed by atoms with Crippen molar-refractivity contribution in [2.24, 2.45) is 0 Å². The Balaban J connectivity index is 1.83. The summed E-state index contributed by atoms with van der Waals surface area (Å²) in [5.41, 5.74) is 1.43. The molecule has 2 heterocycles. The number of rotatable bonds is 2. The third-order valence-electron chi connectivity index (χ3n) is 5.52. The van der Waals surface area contributed by atoms with E-state index in [1.165, 1.54) is 11.3 Å². The lowest BCUT2D eigenvalue weighted by Gasteiger charge is -2.11. The molecule has 0 bridgehead atoms. The lowest BCUT2D eigenvalue weighted by atomic mass is 10.00. The van der Waals surface area contributed by atoms with Crippen molar-refractivity contribution in [3.8, 4) is 0 Å². The molecule has 0 atom stereocenters. The first-order valence-corrected chi connectivity index (χ1v) is 10.8. The Morgan fingerprint density at radius 1 is 0.900 bits per heavy atom. The van der Waals surface area contributed by atoms with Gasteiger partial charge in [-0.3, -0.25) is 14.4 Å². The van der Waals surface area contributed by atoms with E-state index >= 15 is 0 Å². The fourth-order valence-corrected chi connectivity index (χ4v) is 5.21. The molecule has 2 amide bonds. The molecule has 0 aliphatic carbocycles. The van der Waals surface area contributed by atoms with E-state index in [0.29, 0.717) is 42.7 Å². The van der Waals surface area contributed by atoms with Crippen LogP contribution in [-0.2, 0) is 0 Å². The summed E-state index contributed by atoms with van der Waals surface area (Å²) in [6, 6.07) is 14.1. The van der Waals surface area contributed by atoms with Crippen molar-refractivity contribution < 1.29 is 9.59 Å². The second-order valence-electron chi connectivity index (χ2n) is 7.64. The van der Waals surface area contributed by atoms with Gasteiger partial charge in [-0.2, -0.15) is 0 Å². The van der Waals surface area contributed by atoms with E-state index in [1.807, 2.05) is 38.1 Å². The highest BCUT2D eigenvalue weighted by atomic mass is 35.5. The minimum absolute atomic E-state index is 0.200. The van der Waals surface area contributed by atoms with Crippen LogP contribution in [0.4, 0.5) is 5.00 Å². The molecule has 1 aliphatic rings. The fraction of sp³-hybridized carbons (Fsp3) is 0.125. The molecular weight excluding hydrogens is 418 g/mol. The number of thiophene rings is 1. The van der Waals surface area contributed by atoms with E-state index in [0.717, 1.165) is 10.5 Å². The van der Waals surface area contributed by atoms with Gasteiger partial charge < -0.3 is 0 Å². The molecule has 0 saturated carbocycles. The van der Waals surface area contributed by atoms with Gasteiger partial charge in [0.05, 0.1) is 16.5 Å². The summed E-state index contributed by atoms with van der Waals surface area (Å²) < 4.78 is 0. The monoisotopic (exact) mass is 433 g/mol. The van der Waals surface area contributed by atoms with Gasteiger partial charge in [-0.15, -0.1) is 11.3 Å². The summed E-state index contributed by atoms with van der Waals surface area (Å²) in [5.74, 6) is -0.614. The molecule has 5 rings (SSSR count). The van der Waals surface area contributed by atoms with Crippen molar-refractivity contribution in [1.29, 1.82) is 0 Å². The lowest BCUT2D eigenvalue weighted by Crippen LogP contribution is -2.29. The first kappa shape index (κ1) is 19.0. The number of imide groups is 1. The van der Waals surface area contributed by atoms with Crippen LogP contribution in [0.1, 0.15) is 46.0 Å². The molecule has 0 fully saturated rings. The van der Waals surface area contributed by atoms with E-state index in [2.05, 4.69) is 0 Å². The minimum atomic E-state index is -0.407. The van der Waals surface area contributed by atoms with Gasteiger partial charge in [0.2, 0.25) is 0 Å². The zero-order valence-corrected chi connectivity index (χ0v) is 17.8. The van der Waals surface area contributed by atoms with Gasteiger partial charge in [0.25, 0.3) is 11.8 Å². The van der Waals surface area contributed by atoms with Crippen LogP contribution in [0.25, 0.3) is 21.5 Å². The number of halogens is 1. The first-order chi connectivity index (χ1) is 14.4. The normalized spacial score (nSPS) is 13.7. The quantitative estimate of drug-likeness (QED) is 0.365. The first-order valence-electron chi connectivity index (χ1n) is 9.54. The van der Waals surface area contributed by atoms with Crippen LogP contribution in [0.15, 0.2) is 58.7 Å². The highest BCUT2D eigenvalue weighted by molar-refractivity contribution is 7.16. The number of hydrogen-bond donors (Lipinski definition) is 0. The zero-order chi connectivity index (χ0) is 21.2. The van der Waals surface area contributed by atoms with Gasteiger partial charge in [-0.05, 0) is 41.1 Å². The summed E-state index contributed by atoms with van der Waals surface area (Å²) in [4.78, 5) is 40.7. The third kappa shape index (κ3) is 2.62. The number of amides is 2. The van der Waals surface area contributed by atoms with Crippen LogP contribution in [0.3, 0.4) is 0 Å². The van der Waals surface area contributed by atoms with Gasteiger partial charge in [0.1, 0.15) is 5.00 Å². The predicted molar refractivity (Wildman–Crippen MR) is 122 cm³/mol. The molecule has 0 spiro atoms. The number of benzene rings is 2. The topological polar surface area (TPSA) is 54.5 Å². The lowest BCUT2D eigenvalue weighted by molar-refractivity contribution is 0.0927. The summed E-state index contributed by atoms with van der Waals surface area (Å²) in [6.07, 6.45) is 0. The molecular formula is C24H16ClNO3S. The van der Waals surface area contributed by atoms with Crippen LogP contribution in [0, 0.1) is 0 Å². The molecule has 6 heteroatoms. The third-order valence-corrected chi connectivity index (χ3v) is 6.81. The van der Waals surface area contributed by atoms with Crippen molar-refractivity contribution in [3.05, 3.63) is 85.8 Å². The number of hydrogen-bond acceptors (Lipinski definition) is 4. The predicted octanol–water partition coefficient (Wildman–Crippen LogP) is 5.99. The highest BCUT2D eigenvalue weighted by Gasteiger charge is 2.38. The summed E-state index contributed by atoms with van der Waals surface area (Å²) in [6.45, 7) is 4.07. The van der Waals surface area contributed by atoms with Gasteiger partial charge in [0, 0.05) is 21.2 Å². The number of carbonyl (C=O) groups excluding carboxylic acids is 2. The van der Waals surface area contributed by atoms with Crippen LogP contribution < -0.4 is 10.3 Å². The Morgan fingerprint density at radius 3 is 2.20 bits per heavy atom. The average molecular weight is 434 g/mol. The van der Waals surface area contributed by atoms with E-state index < -0.39 is 11.8 Å². The Kier molecular flexibility index (Phi) is 4.27. The number of anilines is 1. The molecule has 0 N–H and O–H groups in total. The number of carbonyl (C=O) groups is 2. The Bertz CT molecular complexity index is 1420. The van der Waals surface area contributed by atoms with Crippen LogP contribution in [0.5, 0.6) is 0 Å². The highest BCUT2D eigenvalue weighted by Crippen LogP contribution is 2.38. The largest absolute Gasteiger partial charge is 0.288 e. The molecule has 148 valence electrons. The van der Waals surface area contributed by atoms with E-state index in [9.17, 15) is 14.4 Å². The molecule has 0 unspecified atom stereocenters. The molecule has 3 aromatic carbocycles. The van der Waals surface area contributed by atoms with Crippen LogP contribution in [0.2, 0.25) is 5.02 Å². The second-order valence-corrected chi connectivity index (χ2v) is 8.91. The molecule has 0 saturated heterocycles. The summed E-state index contributed by atoms with van der Waals surface area (Å²) in [7, 11) is 0. The van der Waals surface area contributed by atoms with Gasteiger partial charge in [-0.1, -0.05) is 49.7 Å². The van der Waals surface area contributed by atoms with E-state index in [1.54, 1.807) is 29.6 Å².